The number of ether oxygens (including phenoxy) is 1. The van der Waals surface area contributed by atoms with Crippen molar-refractivity contribution in [1.82, 2.24) is 5.32 Å². The molecule has 4 atom stereocenters. The second-order valence-corrected chi connectivity index (χ2v) is 10.8. The Morgan fingerprint density at radius 3 is 2.32 bits per heavy atom. The summed E-state index contributed by atoms with van der Waals surface area (Å²) in [4.78, 5) is 49.4. The van der Waals surface area contributed by atoms with E-state index >= 15 is 0 Å². The SMILES string of the molecule is COc1ccccc1-c1ccc(CSC[C@H](N)C(=O)C2([C@@H](NC(=O)CC[C@H](N)C(=O)O)C(=O)O)C=CC=CC2)cc1. The summed E-state index contributed by atoms with van der Waals surface area (Å²) in [5.74, 6) is -2.30. The van der Waals surface area contributed by atoms with E-state index in [0.29, 0.717) is 5.75 Å². The van der Waals surface area contributed by atoms with Crippen LogP contribution in [0.25, 0.3) is 11.1 Å². The summed E-state index contributed by atoms with van der Waals surface area (Å²) in [5, 5.41) is 21.3. The van der Waals surface area contributed by atoms with Crippen LogP contribution in [-0.2, 0) is 24.9 Å². The van der Waals surface area contributed by atoms with Crippen molar-refractivity contribution >= 4 is 35.4 Å². The summed E-state index contributed by atoms with van der Waals surface area (Å²) in [6.45, 7) is 0. The first-order valence-corrected chi connectivity index (χ1v) is 14.2. The molecule has 0 heterocycles. The molecule has 0 saturated carbocycles. The molecule has 1 unspecified atom stereocenters. The Labute approximate surface area is 242 Å². The molecule has 0 radical (unpaired) electrons. The molecule has 41 heavy (non-hydrogen) atoms. The first kappa shape index (κ1) is 31.6. The van der Waals surface area contributed by atoms with Crippen LogP contribution in [0.3, 0.4) is 0 Å². The molecule has 0 aliphatic heterocycles. The highest BCUT2D eigenvalue weighted by molar-refractivity contribution is 7.98. The summed E-state index contributed by atoms with van der Waals surface area (Å²) in [7, 11) is 1.63. The van der Waals surface area contributed by atoms with E-state index in [4.69, 9.17) is 21.3 Å². The van der Waals surface area contributed by atoms with Crippen LogP contribution < -0.4 is 21.5 Å². The van der Waals surface area contributed by atoms with Crippen molar-refractivity contribution in [2.45, 2.75) is 43.1 Å². The third kappa shape index (κ3) is 8.06. The lowest BCUT2D eigenvalue weighted by Crippen LogP contribution is -2.59. The average molecular weight is 582 g/mol. The van der Waals surface area contributed by atoms with Crippen LogP contribution in [0.4, 0.5) is 0 Å². The standard InChI is InChI=1S/C30H35N3O7S/c1-40-24-8-4-3-7-21(24)20-11-9-19(10-12-20)17-41-18-23(32)27(35)30(15-5-2-6-16-30)26(29(38)39)33-25(34)14-13-22(31)28(36)37/h2-12,15,22-23,26H,13-14,16-18,31-32H2,1H3,(H,33,34)(H,36,37)(H,38,39)/t22-,23-,26-,30?/m0/s1. The van der Waals surface area contributed by atoms with Gasteiger partial charge in [-0.3, -0.25) is 14.4 Å². The minimum atomic E-state index is -1.60. The van der Waals surface area contributed by atoms with Crippen molar-refractivity contribution in [3.8, 4) is 16.9 Å². The maximum atomic E-state index is 13.7. The zero-order valence-electron chi connectivity index (χ0n) is 22.7. The van der Waals surface area contributed by atoms with Gasteiger partial charge >= 0.3 is 11.9 Å². The lowest BCUT2D eigenvalue weighted by atomic mass is 9.70. The Hall–Kier alpha value is -3.93. The van der Waals surface area contributed by atoms with Gasteiger partial charge in [0.15, 0.2) is 5.78 Å². The summed E-state index contributed by atoms with van der Waals surface area (Å²) in [6, 6.07) is 11.9. The van der Waals surface area contributed by atoms with Crippen LogP contribution in [0.15, 0.2) is 72.8 Å². The predicted molar refractivity (Wildman–Crippen MR) is 157 cm³/mol. The zero-order chi connectivity index (χ0) is 30.0. The molecule has 2 aromatic rings. The molecule has 1 aliphatic carbocycles. The Kier molecular flexibility index (Phi) is 11.3. The van der Waals surface area contributed by atoms with E-state index in [-0.39, 0.29) is 25.0 Å². The van der Waals surface area contributed by atoms with Crippen molar-refractivity contribution in [2.75, 3.05) is 12.9 Å². The van der Waals surface area contributed by atoms with Crippen LogP contribution in [0.2, 0.25) is 0 Å². The fraction of sp³-hybridized carbons (Fsp3) is 0.333. The van der Waals surface area contributed by atoms with Crippen LogP contribution >= 0.6 is 11.8 Å². The van der Waals surface area contributed by atoms with Crippen LogP contribution in [0.5, 0.6) is 5.75 Å². The Balaban J connectivity index is 1.65. The summed E-state index contributed by atoms with van der Waals surface area (Å²) >= 11 is 1.45. The summed E-state index contributed by atoms with van der Waals surface area (Å²) < 4.78 is 5.44. The largest absolute Gasteiger partial charge is 0.496 e. The fourth-order valence-corrected chi connectivity index (χ4v) is 5.57. The molecule has 0 spiro atoms. The van der Waals surface area contributed by atoms with Crippen molar-refractivity contribution in [2.24, 2.45) is 16.9 Å². The number of aliphatic carboxylic acids is 2. The second kappa shape index (κ2) is 14.6. The third-order valence-electron chi connectivity index (χ3n) is 6.90. The van der Waals surface area contributed by atoms with Gasteiger partial charge in [0.2, 0.25) is 5.91 Å². The molecule has 0 bridgehead atoms. The summed E-state index contributed by atoms with van der Waals surface area (Å²) in [6.07, 6.45) is 5.93. The number of rotatable bonds is 15. The number of benzene rings is 2. The molecule has 1 aliphatic rings. The molecule has 1 amide bonds. The van der Waals surface area contributed by atoms with Crippen molar-refractivity contribution in [1.29, 1.82) is 0 Å². The van der Waals surface area contributed by atoms with E-state index in [2.05, 4.69) is 5.32 Å². The second-order valence-electron chi connectivity index (χ2n) is 9.74. The van der Waals surface area contributed by atoms with Gasteiger partial charge in [-0.2, -0.15) is 11.8 Å². The molecule has 2 aromatic carbocycles. The Bertz CT molecular complexity index is 1310. The number of hydrogen-bond donors (Lipinski definition) is 5. The average Bonchev–Trinajstić information content (AvgIpc) is 2.98. The van der Waals surface area contributed by atoms with Gasteiger partial charge in [-0.25, -0.2) is 4.79 Å². The number of methoxy groups -OCH3 is 1. The molecule has 11 heteroatoms. The number of nitrogens with two attached hydrogens (primary N) is 2. The predicted octanol–water partition coefficient (Wildman–Crippen LogP) is 2.76. The van der Waals surface area contributed by atoms with Gasteiger partial charge in [-0.1, -0.05) is 66.8 Å². The van der Waals surface area contributed by atoms with Crippen LogP contribution in [0, 0.1) is 5.41 Å². The lowest BCUT2D eigenvalue weighted by molar-refractivity contribution is -0.149. The number of allylic oxidation sites excluding steroid dienone is 3. The van der Waals surface area contributed by atoms with E-state index < -0.39 is 47.2 Å². The molecular formula is C30H35N3O7S. The van der Waals surface area contributed by atoms with Gasteiger partial charge in [0.25, 0.3) is 0 Å². The molecule has 10 nitrogen and oxygen atoms in total. The Morgan fingerprint density at radius 2 is 1.71 bits per heavy atom. The first-order valence-electron chi connectivity index (χ1n) is 13.0. The monoisotopic (exact) mass is 581 g/mol. The van der Waals surface area contributed by atoms with Gasteiger partial charge < -0.3 is 31.7 Å². The van der Waals surface area contributed by atoms with Crippen molar-refractivity contribution in [3.63, 3.8) is 0 Å². The molecule has 0 saturated heterocycles. The van der Waals surface area contributed by atoms with Crippen molar-refractivity contribution in [3.05, 3.63) is 78.4 Å². The number of nitrogens with one attached hydrogen (secondary N) is 1. The van der Waals surface area contributed by atoms with Gasteiger partial charge in [0, 0.05) is 23.5 Å². The molecular weight excluding hydrogens is 546 g/mol. The van der Waals surface area contributed by atoms with Gasteiger partial charge in [0.05, 0.1) is 18.6 Å². The smallest absolute Gasteiger partial charge is 0.327 e. The number of amides is 1. The van der Waals surface area contributed by atoms with E-state index in [1.807, 2.05) is 48.5 Å². The normalized spacial score (nSPS) is 18.2. The molecule has 3 rings (SSSR count). The van der Waals surface area contributed by atoms with Crippen LogP contribution in [0.1, 0.15) is 24.8 Å². The number of thioether (sulfide) groups is 1. The number of para-hydroxylation sites is 1. The van der Waals surface area contributed by atoms with Gasteiger partial charge in [-0.15, -0.1) is 0 Å². The third-order valence-corrected chi connectivity index (χ3v) is 8.03. The number of ketones is 1. The van der Waals surface area contributed by atoms with Crippen molar-refractivity contribution < 1.29 is 34.1 Å². The number of carboxylic acid groups (broad SMARTS) is 2. The summed E-state index contributed by atoms with van der Waals surface area (Å²) in [5.41, 5.74) is 13.2. The molecule has 0 fully saturated rings. The number of carboxylic acids is 2. The molecule has 218 valence electrons. The van der Waals surface area contributed by atoms with Gasteiger partial charge in [0.1, 0.15) is 17.8 Å². The molecule has 7 N–H and O–H groups in total. The highest BCUT2D eigenvalue weighted by Gasteiger charge is 2.49. The maximum Gasteiger partial charge on any atom is 0.327 e. The van der Waals surface area contributed by atoms with Gasteiger partial charge in [-0.05, 0) is 30.0 Å². The lowest BCUT2D eigenvalue weighted by Gasteiger charge is -2.37. The van der Waals surface area contributed by atoms with Crippen LogP contribution in [-0.4, -0.2) is 64.8 Å². The highest BCUT2D eigenvalue weighted by atomic mass is 32.2. The van der Waals surface area contributed by atoms with E-state index in [1.165, 1.54) is 17.8 Å². The molecule has 0 aromatic heterocycles. The van der Waals surface area contributed by atoms with E-state index in [9.17, 15) is 24.3 Å². The quantitative estimate of drug-likeness (QED) is 0.210. The topological polar surface area (TPSA) is 182 Å². The number of hydrogen-bond acceptors (Lipinski definition) is 8. The maximum absolute atomic E-state index is 13.7. The fourth-order valence-electron chi connectivity index (χ4n) is 4.62. The number of carbonyl (C=O) groups is 4. The number of carbonyl (C=O) groups excluding carboxylic acids is 2. The highest BCUT2D eigenvalue weighted by Crippen LogP contribution is 2.35. The minimum absolute atomic E-state index is 0.0387. The number of Topliss-reactive ketones (excluding diaryl/α,β-unsaturated/α-hetero) is 1. The Morgan fingerprint density at radius 1 is 1.00 bits per heavy atom. The zero-order valence-corrected chi connectivity index (χ0v) is 23.5. The van der Waals surface area contributed by atoms with E-state index in [1.54, 1.807) is 25.3 Å². The first-order chi connectivity index (χ1) is 19.6. The van der Waals surface area contributed by atoms with E-state index in [0.717, 1.165) is 22.4 Å². The minimum Gasteiger partial charge on any atom is -0.496 e.